The van der Waals surface area contributed by atoms with Gasteiger partial charge in [-0.3, -0.25) is 0 Å². The maximum Gasteiger partial charge on any atom is 0.216 e. The minimum absolute atomic E-state index is 0. The van der Waals surface area contributed by atoms with Crippen molar-refractivity contribution in [3.8, 4) is 22.5 Å². The third-order valence-electron chi connectivity index (χ3n) is 7.31. The first-order valence-corrected chi connectivity index (χ1v) is 14.9. The second-order valence-corrected chi connectivity index (χ2v) is 10.6. The summed E-state index contributed by atoms with van der Waals surface area (Å²) in [4.78, 5) is 13.2. The molecular weight excluding hydrogens is 755 g/mol. The molecular formula is C42H31IrN3O-2. The van der Waals surface area contributed by atoms with Gasteiger partial charge in [-0.05, 0) is 77.6 Å². The van der Waals surface area contributed by atoms with Gasteiger partial charge in [0.25, 0.3) is 0 Å². The molecule has 231 valence electrons. The zero-order chi connectivity index (χ0) is 34.7. The number of rotatable bonds is 6. The van der Waals surface area contributed by atoms with E-state index in [2.05, 4.69) is 27.1 Å². The summed E-state index contributed by atoms with van der Waals surface area (Å²) in [6, 6.07) is 47.0. The number of hydrogen-bond donors (Lipinski definition) is 0. The van der Waals surface area contributed by atoms with Crippen molar-refractivity contribution >= 4 is 22.1 Å². The Morgan fingerprint density at radius 2 is 1.23 bits per heavy atom. The van der Waals surface area contributed by atoms with Gasteiger partial charge in [0.1, 0.15) is 0 Å². The number of furan rings is 1. The Kier molecular flexibility index (Phi) is 8.55. The maximum absolute atomic E-state index is 8.61. The number of hydrogen-bond acceptors (Lipinski definition) is 4. The van der Waals surface area contributed by atoms with Crippen LogP contribution in [-0.2, 0) is 32.9 Å². The number of nitrogens with zero attached hydrogens (tertiary/aromatic N) is 3. The van der Waals surface area contributed by atoms with Crippen LogP contribution in [0.15, 0.2) is 150 Å². The Morgan fingerprint density at radius 3 is 1.85 bits per heavy atom. The second kappa shape index (κ2) is 14.9. The molecule has 47 heavy (non-hydrogen) atoms. The first kappa shape index (κ1) is 26.9. The summed E-state index contributed by atoms with van der Waals surface area (Å²) in [5, 5.41) is 1.89. The second-order valence-electron chi connectivity index (χ2n) is 10.6. The van der Waals surface area contributed by atoms with Gasteiger partial charge in [0.2, 0.25) is 5.71 Å². The standard InChI is InChI=1S/C24H17N2O.C18H14N.Ir/c1-16-7-9-20-21-15-19(8-10-23(21)27-24(20)26-16)22-14-18(11-12-25-22)13-17-5-3-2-4-6-17;1-3-7-15(8-4-1)13-16-11-12-19-18(14-16)17-9-5-2-6-10-17;/h2-7,9-12,14-15H,13H2,1H3;1-9,11-12,14H,13H2;/q2*-1;/i2*13D2;. The topological polar surface area (TPSA) is 51.8 Å². The van der Waals surface area contributed by atoms with Crippen LogP contribution in [0.5, 0.6) is 0 Å². The van der Waals surface area contributed by atoms with Gasteiger partial charge >= 0.3 is 0 Å². The summed E-state index contributed by atoms with van der Waals surface area (Å²) >= 11 is 0. The van der Waals surface area contributed by atoms with Crippen LogP contribution in [0, 0.1) is 19.1 Å². The van der Waals surface area contributed by atoms with E-state index in [4.69, 9.17) is 9.90 Å². The van der Waals surface area contributed by atoms with Crippen LogP contribution in [0.2, 0.25) is 0 Å². The zero-order valence-electron chi connectivity index (χ0n) is 29.4. The van der Waals surface area contributed by atoms with E-state index in [1.54, 1.807) is 67.0 Å². The average Bonchev–Trinajstić information content (AvgIpc) is 3.53. The molecule has 0 amide bonds. The molecule has 0 fully saturated rings. The molecule has 4 aromatic carbocycles. The van der Waals surface area contributed by atoms with Gasteiger partial charge < -0.3 is 14.4 Å². The molecule has 8 rings (SSSR count). The number of aryl methyl sites for hydroxylation is 1. The Hall–Kier alpha value is -5.22. The Labute approximate surface area is 294 Å². The van der Waals surface area contributed by atoms with E-state index >= 15 is 0 Å². The molecule has 1 radical (unpaired) electrons. The van der Waals surface area contributed by atoms with Crippen molar-refractivity contribution in [2.45, 2.75) is 19.7 Å². The summed E-state index contributed by atoms with van der Waals surface area (Å²) in [6.45, 7) is 1.93. The normalized spacial score (nSPS) is 12.5. The van der Waals surface area contributed by atoms with E-state index in [1.165, 1.54) is 0 Å². The first-order chi connectivity index (χ1) is 24.2. The van der Waals surface area contributed by atoms with E-state index in [-0.39, 0.29) is 20.1 Å². The average molecular weight is 790 g/mol. The number of benzene rings is 4. The third kappa shape index (κ3) is 7.78. The number of pyridine rings is 3. The van der Waals surface area contributed by atoms with Crippen LogP contribution >= 0.6 is 0 Å². The fourth-order valence-corrected chi connectivity index (χ4v) is 5.08. The molecule has 0 saturated carbocycles. The predicted molar refractivity (Wildman–Crippen MR) is 185 cm³/mol. The van der Waals surface area contributed by atoms with Crippen molar-refractivity contribution in [3.63, 3.8) is 0 Å². The Bertz CT molecular complexity index is 2400. The van der Waals surface area contributed by atoms with Crippen LogP contribution < -0.4 is 0 Å². The van der Waals surface area contributed by atoms with E-state index in [1.807, 2.05) is 85.8 Å². The molecule has 5 heteroatoms. The summed E-state index contributed by atoms with van der Waals surface area (Å²) in [7, 11) is 0. The van der Waals surface area contributed by atoms with Crippen LogP contribution in [0.4, 0.5) is 0 Å². The van der Waals surface area contributed by atoms with Gasteiger partial charge in [0.15, 0.2) is 0 Å². The van der Waals surface area contributed by atoms with Crippen molar-refractivity contribution in [1.82, 2.24) is 15.0 Å². The van der Waals surface area contributed by atoms with Gasteiger partial charge in [0, 0.05) is 49.1 Å². The van der Waals surface area contributed by atoms with Crippen molar-refractivity contribution in [2.75, 3.05) is 0 Å². The van der Waals surface area contributed by atoms with E-state index in [0.717, 1.165) is 38.9 Å². The van der Waals surface area contributed by atoms with Crippen LogP contribution in [0.25, 0.3) is 44.6 Å². The summed E-state index contributed by atoms with van der Waals surface area (Å²) in [6.07, 6.45) is 0.120. The maximum atomic E-state index is 8.61. The minimum Gasteiger partial charge on any atom is -0.486 e. The molecule has 4 nitrogen and oxygen atoms in total. The molecule has 0 bridgehead atoms. The number of fused-ring (bicyclic) bond motifs is 3. The van der Waals surface area contributed by atoms with Crippen molar-refractivity contribution in [2.24, 2.45) is 0 Å². The molecule has 0 aliphatic carbocycles. The van der Waals surface area contributed by atoms with E-state index in [9.17, 15) is 0 Å². The summed E-state index contributed by atoms with van der Waals surface area (Å²) < 4.78 is 39.8. The Balaban J connectivity index is 0.000000181. The molecule has 0 aliphatic rings. The molecule has 0 N–H and O–H groups in total. The van der Waals surface area contributed by atoms with Gasteiger partial charge in [-0.1, -0.05) is 78.2 Å². The quantitative estimate of drug-likeness (QED) is 0.158. The molecule has 0 spiro atoms. The van der Waals surface area contributed by atoms with Gasteiger partial charge in [-0.25, -0.2) is 4.98 Å². The molecule has 4 aromatic heterocycles. The van der Waals surface area contributed by atoms with E-state index < -0.39 is 12.7 Å². The van der Waals surface area contributed by atoms with Gasteiger partial charge in [-0.15, -0.1) is 59.7 Å². The number of aromatic nitrogens is 3. The molecule has 4 heterocycles. The van der Waals surface area contributed by atoms with Crippen LogP contribution in [-0.4, -0.2) is 15.0 Å². The van der Waals surface area contributed by atoms with Crippen molar-refractivity contribution in [1.29, 1.82) is 0 Å². The Morgan fingerprint density at radius 1 is 0.617 bits per heavy atom. The SMILES string of the molecule is [2H]C([2H])(c1ccccc1)c1ccnc(-c2[c-]cc3oc4nc(C)ccc4c3c2)c1.[2H]C([2H])(c1ccccc1)c1ccnc(-c2[c-]cccc2)c1.[Ir]. The first-order valence-electron chi connectivity index (χ1n) is 16.9. The largest absolute Gasteiger partial charge is 0.486 e. The fourth-order valence-electron chi connectivity index (χ4n) is 5.08. The molecule has 0 aliphatic heterocycles. The smallest absolute Gasteiger partial charge is 0.216 e. The monoisotopic (exact) mass is 790 g/mol. The summed E-state index contributed by atoms with van der Waals surface area (Å²) in [5.74, 6) is 0. The molecule has 0 unspecified atom stereocenters. The van der Waals surface area contributed by atoms with Crippen molar-refractivity contribution in [3.05, 3.63) is 186 Å². The zero-order valence-corrected chi connectivity index (χ0v) is 27.8. The molecule has 0 saturated heterocycles. The molecule has 0 atom stereocenters. The fraction of sp³-hybridized carbons (Fsp3) is 0.0714. The minimum atomic E-state index is -1.62. The van der Waals surface area contributed by atoms with Gasteiger partial charge in [-0.2, -0.15) is 0 Å². The van der Waals surface area contributed by atoms with Crippen molar-refractivity contribution < 1.29 is 30.0 Å². The predicted octanol–water partition coefficient (Wildman–Crippen LogP) is 9.88. The summed E-state index contributed by atoms with van der Waals surface area (Å²) in [5.41, 5.74) is 7.66. The van der Waals surface area contributed by atoms with Crippen LogP contribution in [0.3, 0.4) is 0 Å². The molecule has 8 aromatic rings. The van der Waals surface area contributed by atoms with Gasteiger partial charge in [0.05, 0.1) is 5.58 Å². The van der Waals surface area contributed by atoms with E-state index in [0.29, 0.717) is 33.7 Å². The third-order valence-corrected chi connectivity index (χ3v) is 7.31. The van der Waals surface area contributed by atoms with Crippen LogP contribution in [0.1, 0.15) is 33.4 Å².